The Kier molecular flexibility index (Phi) is 7.14. The number of aromatic nitrogens is 3. The van der Waals surface area contributed by atoms with E-state index in [2.05, 4.69) is 174 Å². The Morgan fingerprint density at radius 2 is 0.694 bits per heavy atom. The molecular formula is C46H31N3. The van der Waals surface area contributed by atoms with Crippen LogP contribution >= 0.6 is 0 Å². The fraction of sp³-hybridized carbons (Fsp3) is 0. The van der Waals surface area contributed by atoms with Crippen LogP contribution in [0.15, 0.2) is 188 Å². The summed E-state index contributed by atoms with van der Waals surface area (Å²) < 4.78 is 2.37. The van der Waals surface area contributed by atoms with Gasteiger partial charge in [-0.25, -0.2) is 9.97 Å². The van der Waals surface area contributed by atoms with E-state index >= 15 is 0 Å². The molecule has 3 heteroatoms. The van der Waals surface area contributed by atoms with Crippen molar-refractivity contribution in [2.45, 2.75) is 0 Å². The van der Waals surface area contributed by atoms with Gasteiger partial charge in [0, 0.05) is 27.6 Å². The molecule has 0 radical (unpaired) electrons. The largest absolute Gasteiger partial charge is 0.309 e. The number of hydrogen-bond acceptors (Lipinski definition) is 2. The first-order valence-corrected chi connectivity index (χ1v) is 16.6. The summed E-state index contributed by atoms with van der Waals surface area (Å²) in [6, 6.07) is 66.1. The Balaban J connectivity index is 1.25. The maximum absolute atomic E-state index is 5.26. The van der Waals surface area contributed by atoms with Crippen molar-refractivity contribution in [3.63, 3.8) is 0 Å². The van der Waals surface area contributed by atoms with Gasteiger partial charge >= 0.3 is 0 Å². The summed E-state index contributed by atoms with van der Waals surface area (Å²) in [5.74, 6) is 0. The lowest BCUT2D eigenvalue weighted by Crippen LogP contribution is -1.97. The van der Waals surface area contributed by atoms with Crippen molar-refractivity contribution in [3.8, 4) is 61.8 Å². The van der Waals surface area contributed by atoms with Crippen LogP contribution in [0.3, 0.4) is 0 Å². The number of rotatable bonds is 6. The highest BCUT2D eigenvalue weighted by Gasteiger charge is 2.16. The van der Waals surface area contributed by atoms with Crippen LogP contribution in [0.25, 0.3) is 83.6 Å². The van der Waals surface area contributed by atoms with E-state index in [0.717, 1.165) is 61.8 Å². The molecule has 0 spiro atoms. The van der Waals surface area contributed by atoms with Crippen molar-refractivity contribution >= 4 is 21.8 Å². The first-order chi connectivity index (χ1) is 24.3. The van der Waals surface area contributed by atoms with Gasteiger partial charge in [0.15, 0.2) is 0 Å². The molecule has 0 atom stereocenters. The van der Waals surface area contributed by atoms with Gasteiger partial charge in [0.05, 0.1) is 33.8 Å². The third-order valence-corrected chi connectivity index (χ3v) is 9.18. The predicted molar refractivity (Wildman–Crippen MR) is 204 cm³/mol. The SMILES string of the molecule is c1ccc(-c2cc(-c3ccccc3)nc(-c3cc(-c4cccc(-n5c6ccccc6c6ccccc65)c4)cc(-c4ccccc4)n3)c2)cc1. The maximum Gasteiger partial charge on any atom is 0.0900 e. The summed E-state index contributed by atoms with van der Waals surface area (Å²) in [5, 5.41) is 2.50. The first kappa shape index (κ1) is 28.6. The summed E-state index contributed by atoms with van der Waals surface area (Å²) in [7, 11) is 0. The van der Waals surface area contributed by atoms with E-state index in [1.54, 1.807) is 0 Å². The molecule has 0 N–H and O–H groups in total. The van der Waals surface area contributed by atoms with Crippen LogP contribution in [-0.2, 0) is 0 Å². The maximum atomic E-state index is 5.26. The Labute approximate surface area is 285 Å². The molecule has 0 bridgehead atoms. The van der Waals surface area contributed by atoms with Gasteiger partial charge in [-0.05, 0) is 70.8 Å². The number of fused-ring (bicyclic) bond motifs is 3. The minimum atomic E-state index is 0.827. The number of nitrogens with zero attached hydrogens (tertiary/aromatic N) is 3. The van der Waals surface area contributed by atoms with Crippen molar-refractivity contribution in [3.05, 3.63) is 188 Å². The zero-order valence-electron chi connectivity index (χ0n) is 26.7. The lowest BCUT2D eigenvalue weighted by Gasteiger charge is -2.14. The third kappa shape index (κ3) is 5.38. The second-order valence-electron chi connectivity index (χ2n) is 12.3. The molecule has 0 aliphatic rings. The van der Waals surface area contributed by atoms with E-state index in [4.69, 9.17) is 9.97 Å². The number of para-hydroxylation sites is 2. The summed E-state index contributed by atoms with van der Waals surface area (Å²) in [6.45, 7) is 0. The van der Waals surface area contributed by atoms with Gasteiger partial charge in [0.25, 0.3) is 0 Å². The van der Waals surface area contributed by atoms with Crippen LogP contribution in [0.4, 0.5) is 0 Å². The van der Waals surface area contributed by atoms with Crippen LogP contribution in [0.1, 0.15) is 0 Å². The molecule has 3 nitrogen and oxygen atoms in total. The summed E-state index contributed by atoms with van der Waals surface area (Å²) in [4.78, 5) is 10.5. The molecule has 0 amide bonds. The zero-order valence-corrected chi connectivity index (χ0v) is 26.7. The van der Waals surface area contributed by atoms with Gasteiger partial charge in [-0.1, -0.05) is 140 Å². The number of pyridine rings is 2. The summed E-state index contributed by atoms with van der Waals surface area (Å²) in [6.07, 6.45) is 0. The van der Waals surface area contributed by atoms with Crippen LogP contribution < -0.4 is 0 Å². The van der Waals surface area contributed by atoms with E-state index in [0.29, 0.717) is 0 Å². The standard InChI is InChI=1S/C46H31N3/c1-4-15-32(16-5-1)36-28-41(33-17-6-2-7-18-33)47-43(30-36)44-31-37(29-42(48-44)34-19-8-3-9-20-34)35-21-14-22-38(27-35)49-45-25-12-10-23-39(45)40-24-11-13-26-46(40)49/h1-31H. The van der Waals surface area contributed by atoms with Gasteiger partial charge in [0.1, 0.15) is 0 Å². The highest BCUT2D eigenvalue weighted by atomic mass is 15.0. The molecule has 0 aliphatic carbocycles. The van der Waals surface area contributed by atoms with Crippen molar-refractivity contribution in [2.75, 3.05) is 0 Å². The van der Waals surface area contributed by atoms with Crippen LogP contribution in [0.5, 0.6) is 0 Å². The highest BCUT2D eigenvalue weighted by molar-refractivity contribution is 6.09. The van der Waals surface area contributed by atoms with Crippen LogP contribution in [0, 0.1) is 0 Å². The molecule has 49 heavy (non-hydrogen) atoms. The number of hydrogen-bond donors (Lipinski definition) is 0. The van der Waals surface area contributed by atoms with Gasteiger partial charge in [0.2, 0.25) is 0 Å². The Morgan fingerprint density at radius 3 is 1.22 bits per heavy atom. The molecule has 230 valence electrons. The minimum Gasteiger partial charge on any atom is -0.309 e. The lowest BCUT2D eigenvalue weighted by molar-refractivity contribution is 1.18. The predicted octanol–water partition coefficient (Wildman–Crippen LogP) is 11.9. The topological polar surface area (TPSA) is 30.7 Å². The Morgan fingerprint density at radius 1 is 0.286 bits per heavy atom. The third-order valence-electron chi connectivity index (χ3n) is 9.18. The molecular weight excluding hydrogens is 595 g/mol. The molecule has 0 fully saturated rings. The molecule has 9 aromatic rings. The second-order valence-corrected chi connectivity index (χ2v) is 12.3. The van der Waals surface area contributed by atoms with E-state index in [1.807, 2.05) is 18.2 Å². The summed E-state index contributed by atoms with van der Waals surface area (Å²) >= 11 is 0. The van der Waals surface area contributed by atoms with Crippen molar-refractivity contribution in [2.24, 2.45) is 0 Å². The van der Waals surface area contributed by atoms with E-state index < -0.39 is 0 Å². The lowest BCUT2D eigenvalue weighted by atomic mass is 9.98. The molecule has 3 aromatic heterocycles. The fourth-order valence-corrected chi connectivity index (χ4v) is 6.83. The minimum absolute atomic E-state index is 0.827. The van der Waals surface area contributed by atoms with Gasteiger partial charge in [-0.3, -0.25) is 0 Å². The molecule has 9 rings (SSSR count). The van der Waals surface area contributed by atoms with Crippen molar-refractivity contribution in [1.82, 2.24) is 14.5 Å². The monoisotopic (exact) mass is 625 g/mol. The average molecular weight is 626 g/mol. The Bertz CT molecular complexity index is 2480. The molecule has 3 heterocycles. The van der Waals surface area contributed by atoms with Crippen molar-refractivity contribution in [1.29, 1.82) is 0 Å². The van der Waals surface area contributed by atoms with Gasteiger partial charge in [-0.2, -0.15) is 0 Å². The van der Waals surface area contributed by atoms with E-state index in [1.165, 1.54) is 21.8 Å². The molecule has 0 saturated carbocycles. The van der Waals surface area contributed by atoms with Gasteiger partial charge < -0.3 is 4.57 Å². The van der Waals surface area contributed by atoms with Gasteiger partial charge in [-0.15, -0.1) is 0 Å². The molecule has 0 saturated heterocycles. The van der Waals surface area contributed by atoms with E-state index in [-0.39, 0.29) is 0 Å². The van der Waals surface area contributed by atoms with Crippen molar-refractivity contribution < 1.29 is 0 Å². The smallest absolute Gasteiger partial charge is 0.0900 e. The molecule has 0 unspecified atom stereocenters. The normalized spacial score (nSPS) is 11.3. The molecule has 0 aliphatic heterocycles. The summed E-state index contributed by atoms with van der Waals surface area (Å²) in [5.41, 5.74) is 13.5. The van der Waals surface area contributed by atoms with E-state index in [9.17, 15) is 0 Å². The highest BCUT2D eigenvalue weighted by Crippen LogP contribution is 2.36. The van der Waals surface area contributed by atoms with Crippen LogP contribution in [-0.4, -0.2) is 14.5 Å². The first-order valence-electron chi connectivity index (χ1n) is 16.6. The Hall–Kier alpha value is -6.58. The zero-order chi connectivity index (χ0) is 32.6. The average Bonchev–Trinajstić information content (AvgIpc) is 3.53. The molecule has 6 aromatic carbocycles. The quantitative estimate of drug-likeness (QED) is 0.184. The van der Waals surface area contributed by atoms with Crippen LogP contribution in [0.2, 0.25) is 0 Å². The second kappa shape index (κ2) is 12.2. The fourth-order valence-electron chi connectivity index (χ4n) is 6.83. The number of benzene rings is 6.